The van der Waals surface area contributed by atoms with Gasteiger partial charge in [-0.05, 0) is 36.6 Å². The molecule has 0 unspecified atom stereocenters. The number of sulfonamides is 1. The molecule has 8 nitrogen and oxygen atoms in total. The molecular formula is C24H28Cl2N2O6S. The van der Waals surface area contributed by atoms with Crippen LogP contribution < -0.4 is 5.32 Å². The molecule has 2 heterocycles. The van der Waals surface area contributed by atoms with E-state index in [1.165, 1.54) is 16.4 Å². The van der Waals surface area contributed by atoms with Gasteiger partial charge in [-0.1, -0.05) is 53.5 Å². The van der Waals surface area contributed by atoms with Gasteiger partial charge in [-0.25, -0.2) is 8.42 Å². The number of amides is 1. The Labute approximate surface area is 215 Å². The molecule has 4 rings (SSSR count). The molecule has 0 aromatic heterocycles. The number of nitrogens with one attached hydrogen (secondary N) is 1. The summed E-state index contributed by atoms with van der Waals surface area (Å²) in [5.74, 6) is -0.184. The molecule has 2 aromatic carbocycles. The van der Waals surface area contributed by atoms with Crippen molar-refractivity contribution < 1.29 is 27.8 Å². The van der Waals surface area contributed by atoms with Gasteiger partial charge < -0.3 is 19.9 Å². The van der Waals surface area contributed by atoms with Crippen molar-refractivity contribution in [3.8, 4) is 0 Å². The summed E-state index contributed by atoms with van der Waals surface area (Å²) in [4.78, 5) is 12.5. The van der Waals surface area contributed by atoms with Gasteiger partial charge in [0.2, 0.25) is 15.9 Å². The third-order valence-corrected chi connectivity index (χ3v) is 8.96. The number of nitrogens with zero attached hydrogens (tertiary/aromatic N) is 1. The topological polar surface area (TPSA) is 105 Å². The third-order valence-electron chi connectivity index (χ3n) is 6.20. The first-order valence-corrected chi connectivity index (χ1v) is 13.6. The normalized spacial score (nSPS) is 25.8. The summed E-state index contributed by atoms with van der Waals surface area (Å²) in [5.41, 5.74) is 0.819. The van der Waals surface area contributed by atoms with Crippen molar-refractivity contribution in [2.75, 3.05) is 19.8 Å². The van der Waals surface area contributed by atoms with Crippen LogP contribution in [-0.4, -0.2) is 67.8 Å². The number of carbonyl (C=O) groups excluding carboxylic acids is 1. The number of benzene rings is 2. The van der Waals surface area contributed by atoms with Crippen LogP contribution in [0.3, 0.4) is 0 Å². The van der Waals surface area contributed by atoms with E-state index in [1.54, 1.807) is 18.2 Å². The first-order valence-electron chi connectivity index (χ1n) is 11.4. The predicted molar refractivity (Wildman–Crippen MR) is 132 cm³/mol. The number of hydrogen-bond acceptors (Lipinski definition) is 6. The lowest BCUT2D eigenvalue weighted by molar-refractivity contribution is -0.146. The van der Waals surface area contributed by atoms with Crippen LogP contribution in [0.4, 0.5) is 0 Å². The number of halogens is 2. The molecule has 0 aliphatic carbocycles. The minimum atomic E-state index is -4.01. The molecule has 2 fully saturated rings. The lowest BCUT2D eigenvalue weighted by Crippen LogP contribution is -2.57. The molecule has 4 atom stereocenters. The highest BCUT2D eigenvalue weighted by atomic mass is 35.5. The summed E-state index contributed by atoms with van der Waals surface area (Å²) in [6.07, 6.45) is -0.900. The third kappa shape index (κ3) is 6.35. The van der Waals surface area contributed by atoms with Crippen molar-refractivity contribution in [1.82, 2.24) is 9.62 Å². The second kappa shape index (κ2) is 11.6. The van der Waals surface area contributed by atoms with E-state index in [4.69, 9.17) is 32.7 Å². The minimum absolute atomic E-state index is 0.0183. The Balaban J connectivity index is 1.44. The van der Waals surface area contributed by atoms with Crippen molar-refractivity contribution in [3.63, 3.8) is 0 Å². The molecular weight excluding hydrogens is 515 g/mol. The average Bonchev–Trinajstić information content (AvgIpc) is 2.81. The number of carbonyl (C=O) groups is 1. The van der Waals surface area contributed by atoms with E-state index in [0.29, 0.717) is 24.4 Å². The van der Waals surface area contributed by atoms with Crippen LogP contribution in [0, 0.1) is 0 Å². The predicted octanol–water partition coefficient (Wildman–Crippen LogP) is 3.00. The fraction of sp³-hybridized carbons (Fsp3) is 0.458. The van der Waals surface area contributed by atoms with E-state index >= 15 is 0 Å². The standard InChI is InChI=1S/C24H28Cl2N2O6S/c25-19-6-2-1-5-16(19)12-27-24(30)11-18-9-10-21-22(34-18)15-33-14-17(29)13-28(21)35(31,32)23-8-4-3-7-20(23)26/h1-8,17-18,21-22,29H,9-15H2,(H,27,30)/t17-,18+,21-,22+/m1/s1. The SMILES string of the molecule is O=C(C[C@@H]1CC[C@@H]2[C@H](COC[C@H](O)CN2S(=O)(=O)c2ccccc2Cl)O1)NCc1ccccc1Cl. The zero-order chi connectivity index (χ0) is 25.0. The van der Waals surface area contributed by atoms with Crippen LogP contribution in [0.1, 0.15) is 24.8 Å². The van der Waals surface area contributed by atoms with Crippen LogP contribution >= 0.6 is 23.2 Å². The summed E-state index contributed by atoms with van der Waals surface area (Å²) in [6.45, 7) is 0.251. The number of β-amino-alcohol motifs (C(OH)–C–C–N with tert-alkyl or cyclic N) is 1. The van der Waals surface area contributed by atoms with E-state index in [2.05, 4.69) is 5.32 Å². The van der Waals surface area contributed by atoms with Gasteiger partial charge in [0.1, 0.15) is 4.90 Å². The maximum Gasteiger partial charge on any atom is 0.244 e. The molecule has 2 aliphatic heterocycles. The molecule has 2 aliphatic rings. The van der Waals surface area contributed by atoms with Gasteiger partial charge in [0.05, 0.1) is 49.0 Å². The van der Waals surface area contributed by atoms with Crippen LogP contribution in [0.15, 0.2) is 53.4 Å². The summed E-state index contributed by atoms with van der Waals surface area (Å²) in [5, 5.41) is 13.9. The quantitative estimate of drug-likeness (QED) is 0.581. The largest absolute Gasteiger partial charge is 0.389 e. The first kappa shape index (κ1) is 26.3. The maximum atomic E-state index is 13.5. The van der Waals surface area contributed by atoms with Crippen LogP contribution in [-0.2, 0) is 30.8 Å². The van der Waals surface area contributed by atoms with E-state index < -0.39 is 28.3 Å². The summed E-state index contributed by atoms with van der Waals surface area (Å²) < 4.78 is 40.1. The highest BCUT2D eigenvalue weighted by Gasteiger charge is 2.43. The Morgan fingerprint density at radius 2 is 1.77 bits per heavy atom. The minimum Gasteiger partial charge on any atom is -0.389 e. The molecule has 11 heteroatoms. The van der Waals surface area contributed by atoms with Gasteiger partial charge in [0.15, 0.2) is 0 Å². The van der Waals surface area contributed by atoms with Crippen LogP contribution in [0.5, 0.6) is 0 Å². The highest BCUT2D eigenvalue weighted by Crippen LogP contribution is 2.33. The van der Waals surface area contributed by atoms with Crippen LogP contribution in [0.25, 0.3) is 0 Å². The van der Waals surface area contributed by atoms with Gasteiger partial charge in [-0.2, -0.15) is 4.31 Å². The van der Waals surface area contributed by atoms with E-state index in [9.17, 15) is 18.3 Å². The molecule has 0 saturated carbocycles. The number of aliphatic hydroxyl groups excluding tert-OH is 1. The summed E-state index contributed by atoms with van der Waals surface area (Å²) in [7, 11) is -4.01. The van der Waals surface area contributed by atoms with E-state index in [0.717, 1.165) is 5.56 Å². The number of aliphatic hydroxyl groups is 1. The Kier molecular flexibility index (Phi) is 8.70. The molecule has 35 heavy (non-hydrogen) atoms. The number of fused-ring (bicyclic) bond motifs is 1. The van der Waals surface area contributed by atoms with Crippen molar-refractivity contribution in [3.05, 3.63) is 64.1 Å². The summed E-state index contributed by atoms with van der Waals surface area (Å²) in [6, 6.07) is 13.0. The highest BCUT2D eigenvalue weighted by molar-refractivity contribution is 7.89. The molecule has 2 N–H and O–H groups in total. The Morgan fingerprint density at radius 3 is 2.51 bits per heavy atom. The molecule has 190 valence electrons. The number of ether oxygens (including phenoxy) is 2. The first-order chi connectivity index (χ1) is 16.8. The maximum absolute atomic E-state index is 13.5. The van der Waals surface area contributed by atoms with Crippen molar-refractivity contribution >= 4 is 39.1 Å². The second-order valence-corrected chi connectivity index (χ2v) is 11.4. The number of hydrogen-bond donors (Lipinski definition) is 2. The molecule has 2 saturated heterocycles. The van der Waals surface area contributed by atoms with Gasteiger partial charge in [0, 0.05) is 18.1 Å². The van der Waals surface area contributed by atoms with Gasteiger partial charge in [-0.3, -0.25) is 4.79 Å². The van der Waals surface area contributed by atoms with Crippen molar-refractivity contribution in [1.29, 1.82) is 0 Å². The molecule has 1 amide bonds. The fourth-order valence-electron chi connectivity index (χ4n) is 4.47. The van der Waals surface area contributed by atoms with E-state index in [-0.39, 0.29) is 48.1 Å². The lowest BCUT2D eigenvalue weighted by Gasteiger charge is -2.43. The lowest BCUT2D eigenvalue weighted by atomic mass is 9.96. The zero-order valence-corrected chi connectivity index (χ0v) is 21.3. The second-order valence-electron chi connectivity index (χ2n) is 8.71. The number of rotatable bonds is 6. The molecule has 0 radical (unpaired) electrons. The molecule has 0 bridgehead atoms. The van der Waals surface area contributed by atoms with Crippen molar-refractivity contribution in [2.45, 2.75) is 55.1 Å². The zero-order valence-electron chi connectivity index (χ0n) is 19.0. The van der Waals surface area contributed by atoms with Crippen LogP contribution in [0.2, 0.25) is 10.0 Å². The monoisotopic (exact) mass is 542 g/mol. The molecule has 0 spiro atoms. The Hall–Kier alpha value is -1.72. The molecule has 2 aromatic rings. The Morgan fingerprint density at radius 1 is 1.06 bits per heavy atom. The van der Waals surface area contributed by atoms with Gasteiger partial charge >= 0.3 is 0 Å². The van der Waals surface area contributed by atoms with Crippen molar-refractivity contribution in [2.24, 2.45) is 0 Å². The Bertz CT molecular complexity index is 1150. The summed E-state index contributed by atoms with van der Waals surface area (Å²) >= 11 is 12.3. The average molecular weight is 543 g/mol. The fourth-order valence-corrected chi connectivity index (χ4v) is 6.88. The van der Waals surface area contributed by atoms with Gasteiger partial charge in [0.25, 0.3) is 0 Å². The van der Waals surface area contributed by atoms with Gasteiger partial charge in [-0.15, -0.1) is 0 Å². The smallest absolute Gasteiger partial charge is 0.244 e. The van der Waals surface area contributed by atoms with E-state index in [1.807, 2.05) is 18.2 Å².